The molecule has 36 heavy (non-hydrogen) atoms. The Bertz CT molecular complexity index is 1590. The Labute approximate surface area is 206 Å². The van der Waals surface area contributed by atoms with Crippen LogP contribution < -0.4 is 11.1 Å². The van der Waals surface area contributed by atoms with Crippen molar-refractivity contribution in [2.45, 2.75) is 12.8 Å². The molecule has 9 heteroatoms. The Morgan fingerprint density at radius 3 is 2.44 bits per heavy atom. The van der Waals surface area contributed by atoms with Gasteiger partial charge in [-0.05, 0) is 54.3 Å². The predicted molar refractivity (Wildman–Crippen MR) is 139 cm³/mol. The number of phenols is 2. The summed E-state index contributed by atoms with van der Waals surface area (Å²) in [6.45, 7) is 0.469. The summed E-state index contributed by atoms with van der Waals surface area (Å²) in [5.74, 6) is -0.765. The second kappa shape index (κ2) is 9.75. The monoisotopic (exact) mass is 480 g/mol. The molecule has 0 radical (unpaired) electrons. The first-order valence-corrected chi connectivity index (χ1v) is 11.5. The molecular formula is C27H24N6O3. The highest BCUT2D eigenvalue weighted by molar-refractivity contribution is 6.10. The molecule has 0 aliphatic heterocycles. The van der Waals surface area contributed by atoms with Crippen LogP contribution in [0.25, 0.3) is 22.2 Å². The Hall–Kier alpha value is -4.92. The average molecular weight is 481 g/mol. The van der Waals surface area contributed by atoms with E-state index in [2.05, 4.69) is 32.5 Å². The maximum Gasteiger partial charge on any atom is 0.257 e. The summed E-state index contributed by atoms with van der Waals surface area (Å²) in [6, 6.07) is 21.7. The predicted octanol–water partition coefficient (Wildman–Crippen LogP) is 3.82. The van der Waals surface area contributed by atoms with Gasteiger partial charge in [0.1, 0.15) is 16.9 Å². The lowest BCUT2D eigenvalue weighted by atomic mass is 10.1. The van der Waals surface area contributed by atoms with E-state index in [0.29, 0.717) is 34.3 Å². The van der Waals surface area contributed by atoms with Crippen molar-refractivity contribution in [3.63, 3.8) is 0 Å². The van der Waals surface area contributed by atoms with Gasteiger partial charge in [0.05, 0.1) is 17.2 Å². The molecule has 0 spiro atoms. The van der Waals surface area contributed by atoms with E-state index in [0.717, 1.165) is 12.8 Å². The zero-order chi connectivity index (χ0) is 25.1. The van der Waals surface area contributed by atoms with Crippen molar-refractivity contribution in [1.82, 2.24) is 20.0 Å². The van der Waals surface area contributed by atoms with Crippen molar-refractivity contribution >= 4 is 40.1 Å². The second-order valence-electron chi connectivity index (χ2n) is 8.29. The molecule has 9 nitrogen and oxygen atoms in total. The molecule has 0 saturated carbocycles. The van der Waals surface area contributed by atoms with Gasteiger partial charge in [-0.15, -0.1) is 0 Å². The molecule has 2 heterocycles. The van der Waals surface area contributed by atoms with Crippen LogP contribution in [-0.2, 0) is 6.42 Å². The number of carbonyl (C=O) groups is 1. The summed E-state index contributed by atoms with van der Waals surface area (Å²) in [7, 11) is 0. The van der Waals surface area contributed by atoms with Gasteiger partial charge in [-0.2, -0.15) is 9.78 Å². The maximum absolute atomic E-state index is 13.2. The van der Waals surface area contributed by atoms with Gasteiger partial charge in [-0.25, -0.2) is 9.97 Å². The zero-order valence-corrected chi connectivity index (χ0v) is 19.3. The van der Waals surface area contributed by atoms with E-state index in [1.165, 1.54) is 28.6 Å². The van der Waals surface area contributed by atoms with Gasteiger partial charge < -0.3 is 21.3 Å². The molecule has 5 N–H and O–H groups in total. The standard InChI is InChI=1S/C27H24N6O3/c28-25-23(27(36)29-14-6-9-17-7-2-1-3-8-17)24-26(32-20-11-5-4-10-19(20)31-24)33(25)30-16-18-12-13-21(34)22(35)15-18/h1-5,7-8,10-13,15-16,34-35H,6,9,14,28H2,(H,29,36)/b30-16-. The summed E-state index contributed by atoms with van der Waals surface area (Å²) in [5, 5.41) is 26.7. The van der Waals surface area contributed by atoms with Crippen LogP contribution in [0.5, 0.6) is 11.5 Å². The summed E-state index contributed by atoms with van der Waals surface area (Å²) in [6.07, 6.45) is 3.06. The largest absolute Gasteiger partial charge is 0.504 e. The minimum atomic E-state index is -0.355. The SMILES string of the molecule is Nc1c(C(=O)NCCCc2ccccc2)c2nc3ccccc3nc2n1/N=C\c1ccc(O)c(O)c1. The van der Waals surface area contributed by atoms with Gasteiger partial charge >= 0.3 is 0 Å². The van der Waals surface area contributed by atoms with E-state index in [4.69, 9.17) is 5.73 Å². The number of hydrogen-bond acceptors (Lipinski definition) is 7. The number of phenolic OH excluding ortho intramolecular Hbond substituents is 2. The van der Waals surface area contributed by atoms with Crippen LogP contribution in [0.4, 0.5) is 5.82 Å². The third-order valence-electron chi connectivity index (χ3n) is 5.79. The maximum atomic E-state index is 13.2. The van der Waals surface area contributed by atoms with Crippen LogP contribution >= 0.6 is 0 Å². The number of para-hydroxylation sites is 2. The van der Waals surface area contributed by atoms with Gasteiger partial charge in [0.2, 0.25) is 0 Å². The number of benzene rings is 3. The molecular weight excluding hydrogens is 456 g/mol. The number of amides is 1. The molecule has 5 rings (SSSR count). The number of aryl methyl sites for hydroxylation is 1. The quantitative estimate of drug-likeness (QED) is 0.159. The number of nitrogens with two attached hydrogens (primary N) is 1. The summed E-state index contributed by atoms with van der Waals surface area (Å²) < 4.78 is 1.36. The fraction of sp³-hybridized carbons (Fsp3) is 0.111. The number of anilines is 1. The second-order valence-corrected chi connectivity index (χ2v) is 8.29. The van der Waals surface area contributed by atoms with Crippen molar-refractivity contribution < 1.29 is 15.0 Å². The molecule has 1 amide bonds. The summed E-state index contributed by atoms with van der Waals surface area (Å²) in [4.78, 5) is 22.5. The number of nitrogen functional groups attached to an aromatic ring is 1. The lowest BCUT2D eigenvalue weighted by Gasteiger charge is -2.06. The average Bonchev–Trinajstić information content (AvgIpc) is 3.16. The number of nitrogens with one attached hydrogen (secondary N) is 1. The van der Waals surface area contributed by atoms with Gasteiger partial charge in [0.25, 0.3) is 5.91 Å². The first-order chi connectivity index (χ1) is 17.5. The molecule has 0 aliphatic rings. The third kappa shape index (κ3) is 4.54. The highest BCUT2D eigenvalue weighted by Crippen LogP contribution is 2.28. The molecule has 180 valence electrons. The molecule has 0 saturated heterocycles. The van der Waals surface area contributed by atoms with Crippen LogP contribution in [-0.4, -0.2) is 43.5 Å². The minimum absolute atomic E-state index is 0.0973. The smallest absolute Gasteiger partial charge is 0.257 e. The first-order valence-electron chi connectivity index (χ1n) is 11.5. The summed E-state index contributed by atoms with van der Waals surface area (Å²) >= 11 is 0. The van der Waals surface area contributed by atoms with Crippen molar-refractivity contribution in [1.29, 1.82) is 0 Å². The van der Waals surface area contributed by atoms with E-state index in [-0.39, 0.29) is 28.8 Å². The molecule has 0 aliphatic carbocycles. The van der Waals surface area contributed by atoms with Crippen LogP contribution in [0.1, 0.15) is 27.9 Å². The number of nitrogens with zero attached hydrogens (tertiary/aromatic N) is 4. The topological polar surface area (TPSA) is 139 Å². The fourth-order valence-electron chi connectivity index (χ4n) is 3.96. The van der Waals surface area contributed by atoms with Crippen LogP contribution in [0.2, 0.25) is 0 Å². The van der Waals surface area contributed by atoms with Gasteiger partial charge in [-0.1, -0.05) is 42.5 Å². The molecule has 5 aromatic rings. The lowest BCUT2D eigenvalue weighted by molar-refractivity contribution is 0.0955. The Morgan fingerprint density at radius 2 is 1.69 bits per heavy atom. The molecule has 0 fully saturated rings. The zero-order valence-electron chi connectivity index (χ0n) is 19.3. The lowest BCUT2D eigenvalue weighted by Crippen LogP contribution is -2.25. The molecule has 0 atom stereocenters. The van der Waals surface area contributed by atoms with E-state index >= 15 is 0 Å². The summed E-state index contributed by atoms with van der Waals surface area (Å²) in [5.41, 5.74) is 10.3. The molecule has 3 aromatic carbocycles. The molecule has 0 bridgehead atoms. The van der Waals surface area contributed by atoms with Crippen molar-refractivity contribution in [2.24, 2.45) is 5.10 Å². The van der Waals surface area contributed by atoms with E-state index < -0.39 is 0 Å². The Balaban J connectivity index is 1.48. The number of aromatic hydroxyl groups is 2. The van der Waals surface area contributed by atoms with E-state index in [1.807, 2.05) is 42.5 Å². The van der Waals surface area contributed by atoms with Crippen molar-refractivity contribution in [3.05, 3.63) is 89.5 Å². The number of fused-ring (bicyclic) bond motifs is 2. The number of carbonyl (C=O) groups excluding carboxylic acids is 1. The van der Waals surface area contributed by atoms with E-state index in [1.54, 1.807) is 6.07 Å². The fourth-order valence-corrected chi connectivity index (χ4v) is 3.96. The van der Waals surface area contributed by atoms with Crippen molar-refractivity contribution in [2.75, 3.05) is 12.3 Å². The van der Waals surface area contributed by atoms with Gasteiger partial charge in [0.15, 0.2) is 17.1 Å². The highest BCUT2D eigenvalue weighted by atomic mass is 16.3. The Kier molecular flexibility index (Phi) is 6.19. The Morgan fingerprint density at radius 1 is 0.972 bits per heavy atom. The third-order valence-corrected chi connectivity index (χ3v) is 5.79. The number of hydrogen-bond donors (Lipinski definition) is 4. The highest BCUT2D eigenvalue weighted by Gasteiger charge is 2.23. The normalized spacial score (nSPS) is 11.4. The van der Waals surface area contributed by atoms with Crippen molar-refractivity contribution in [3.8, 4) is 11.5 Å². The van der Waals surface area contributed by atoms with Gasteiger partial charge in [-0.3, -0.25) is 4.79 Å². The molecule has 2 aromatic heterocycles. The number of aromatic nitrogens is 3. The van der Waals surface area contributed by atoms with E-state index in [9.17, 15) is 15.0 Å². The van der Waals surface area contributed by atoms with Crippen LogP contribution in [0, 0.1) is 0 Å². The number of rotatable bonds is 7. The van der Waals surface area contributed by atoms with Crippen LogP contribution in [0.3, 0.4) is 0 Å². The molecule has 0 unspecified atom stereocenters. The van der Waals surface area contributed by atoms with Gasteiger partial charge in [0, 0.05) is 6.54 Å². The van der Waals surface area contributed by atoms with Crippen LogP contribution in [0.15, 0.2) is 77.9 Å². The first kappa shape index (κ1) is 22.9. The minimum Gasteiger partial charge on any atom is -0.504 e.